The Kier molecular flexibility index (Phi) is 8.26. The minimum Gasteiger partial charge on any atom is -0.444 e. The summed E-state index contributed by atoms with van der Waals surface area (Å²) in [5.74, 6) is -0.101. The third-order valence-corrected chi connectivity index (χ3v) is 6.10. The summed E-state index contributed by atoms with van der Waals surface area (Å²) in [6.45, 7) is 17.1. The zero-order valence-corrected chi connectivity index (χ0v) is 22.2. The van der Waals surface area contributed by atoms with E-state index in [1.54, 1.807) is 0 Å². The van der Waals surface area contributed by atoms with Crippen molar-refractivity contribution in [2.24, 2.45) is 5.41 Å². The number of ether oxygens (including phenoxy) is 1. The first-order valence-corrected chi connectivity index (χ1v) is 12.0. The van der Waals surface area contributed by atoms with Gasteiger partial charge in [0.2, 0.25) is 5.91 Å². The molecule has 0 radical (unpaired) electrons. The van der Waals surface area contributed by atoms with Crippen molar-refractivity contribution in [2.45, 2.75) is 104 Å². The fourth-order valence-corrected chi connectivity index (χ4v) is 4.49. The molecule has 1 atom stereocenters. The van der Waals surface area contributed by atoms with Crippen LogP contribution in [0, 0.1) is 5.41 Å². The lowest BCUT2D eigenvalue weighted by molar-refractivity contribution is -0.246. The van der Waals surface area contributed by atoms with Crippen LogP contribution in [0.25, 0.3) is 0 Å². The van der Waals surface area contributed by atoms with Crippen molar-refractivity contribution in [1.29, 1.82) is 0 Å². The third kappa shape index (κ3) is 7.57. The van der Waals surface area contributed by atoms with E-state index in [2.05, 4.69) is 10.6 Å². The van der Waals surface area contributed by atoms with Crippen LogP contribution in [0.1, 0.15) is 86.8 Å². The predicted molar refractivity (Wildman–Crippen MR) is 134 cm³/mol. The standard InChI is InChI=1S/C27H43N3O4/c1-24(2,3)34-23(32)29-21(19-13-11-10-12-14-19)15-16-25(4,5)22(31)28-20-17-26(6,7)30(33)27(8,9)18-20/h10-16,20-21,33H,17-18H2,1-9H3,(H,28,31)(H,29,32)/b16-15+/t21-/m0/s1. The number of alkyl carbamates (subject to hydrolysis) is 1. The van der Waals surface area contributed by atoms with E-state index >= 15 is 0 Å². The molecular weight excluding hydrogens is 430 g/mol. The molecule has 0 spiro atoms. The van der Waals surface area contributed by atoms with Crippen LogP contribution in [-0.2, 0) is 9.53 Å². The van der Waals surface area contributed by atoms with E-state index in [9.17, 15) is 14.8 Å². The second kappa shape index (κ2) is 10.1. The number of carbonyl (C=O) groups is 2. The summed E-state index contributed by atoms with van der Waals surface area (Å²) in [5.41, 5.74) is -1.43. The Labute approximate surface area is 204 Å². The number of hydroxylamine groups is 2. The van der Waals surface area contributed by atoms with E-state index < -0.39 is 34.2 Å². The SMILES string of the molecule is CC(C)(C)OC(=O)N[C@@H](/C=C/C(C)(C)C(=O)NC1CC(C)(C)N(O)C(C)(C)C1)c1ccccc1. The van der Waals surface area contributed by atoms with E-state index in [-0.39, 0.29) is 11.9 Å². The lowest BCUT2D eigenvalue weighted by atomic mass is 9.78. The zero-order chi connectivity index (χ0) is 25.9. The van der Waals surface area contributed by atoms with Gasteiger partial charge in [0.1, 0.15) is 5.60 Å². The maximum atomic E-state index is 13.2. The molecule has 1 fully saturated rings. The average molecular weight is 474 g/mol. The summed E-state index contributed by atoms with van der Waals surface area (Å²) in [5, 5.41) is 18.0. The average Bonchev–Trinajstić information content (AvgIpc) is 2.68. The first kappa shape index (κ1) is 27.9. The summed E-state index contributed by atoms with van der Waals surface area (Å²) in [7, 11) is 0. The van der Waals surface area contributed by atoms with Crippen LogP contribution in [0.3, 0.4) is 0 Å². The highest BCUT2D eigenvalue weighted by atomic mass is 16.6. The van der Waals surface area contributed by atoms with Gasteiger partial charge in [-0.25, -0.2) is 4.79 Å². The molecular formula is C27H43N3O4. The number of rotatable bonds is 6. The maximum absolute atomic E-state index is 13.2. The monoisotopic (exact) mass is 473 g/mol. The largest absolute Gasteiger partial charge is 0.444 e. The van der Waals surface area contributed by atoms with Gasteiger partial charge in [-0.15, -0.1) is 0 Å². The molecule has 0 aromatic heterocycles. The number of benzene rings is 1. The van der Waals surface area contributed by atoms with Gasteiger partial charge in [-0.3, -0.25) is 4.79 Å². The van der Waals surface area contributed by atoms with Crippen molar-refractivity contribution in [3.05, 3.63) is 48.0 Å². The Morgan fingerprint density at radius 1 is 1.06 bits per heavy atom. The molecule has 0 aliphatic carbocycles. The molecule has 0 bridgehead atoms. The number of nitrogens with zero attached hydrogens (tertiary/aromatic N) is 1. The fraction of sp³-hybridized carbons (Fsp3) is 0.630. The van der Waals surface area contributed by atoms with Crippen molar-refractivity contribution in [3.63, 3.8) is 0 Å². The van der Waals surface area contributed by atoms with Crippen molar-refractivity contribution in [3.8, 4) is 0 Å². The number of nitrogens with one attached hydrogen (secondary N) is 2. The van der Waals surface area contributed by atoms with Gasteiger partial charge in [-0.1, -0.05) is 42.5 Å². The quantitative estimate of drug-likeness (QED) is 0.484. The van der Waals surface area contributed by atoms with Gasteiger partial charge in [0.05, 0.1) is 11.5 Å². The van der Waals surface area contributed by atoms with E-state index in [1.807, 2.05) is 105 Å². The van der Waals surface area contributed by atoms with Crippen LogP contribution in [0.2, 0.25) is 0 Å². The van der Waals surface area contributed by atoms with Crippen LogP contribution < -0.4 is 10.6 Å². The highest BCUT2D eigenvalue weighted by Crippen LogP contribution is 2.37. The first-order chi connectivity index (χ1) is 15.4. The molecule has 0 unspecified atom stereocenters. The Bertz CT molecular complexity index is 867. The van der Waals surface area contributed by atoms with E-state index in [0.29, 0.717) is 12.8 Å². The Morgan fingerprint density at radius 3 is 2.09 bits per heavy atom. The second-order valence-electron chi connectivity index (χ2n) is 12.1. The molecule has 1 aromatic rings. The fourth-order valence-electron chi connectivity index (χ4n) is 4.49. The predicted octanol–water partition coefficient (Wildman–Crippen LogP) is 5.36. The Hall–Kier alpha value is -2.38. The summed E-state index contributed by atoms with van der Waals surface area (Å²) in [6.07, 6.45) is 4.43. The summed E-state index contributed by atoms with van der Waals surface area (Å²) >= 11 is 0. The van der Waals surface area contributed by atoms with Crippen molar-refractivity contribution in [2.75, 3.05) is 0 Å². The van der Waals surface area contributed by atoms with Gasteiger partial charge in [-0.05, 0) is 80.7 Å². The van der Waals surface area contributed by atoms with Crippen molar-refractivity contribution >= 4 is 12.0 Å². The summed E-state index contributed by atoms with van der Waals surface area (Å²) < 4.78 is 5.43. The molecule has 1 aliphatic heterocycles. The van der Waals surface area contributed by atoms with Gasteiger partial charge in [0, 0.05) is 17.1 Å². The Balaban J connectivity index is 2.16. The molecule has 0 saturated carbocycles. The first-order valence-electron chi connectivity index (χ1n) is 12.0. The number of hydrogen-bond donors (Lipinski definition) is 3. The molecule has 190 valence electrons. The highest BCUT2D eigenvalue weighted by molar-refractivity contribution is 5.84. The van der Waals surface area contributed by atoms with Crippen molar-refractivity contribution < 1.29 is 19.5 Å². The molecule has 1 heterocycles. The smallest absolute Gasteiger partial charge is 0.408 e. The third-order valence-electron chi connectivity index (χ3n) is 6.10. The lowest BCUT2D eigenvalue weighted by Gasteiger charge is -2.51. The number of amides is 2. The lowest BCUT2D eigenvalue weighted by Crippen LogP contribution is -2.63. The van der Waals surface area contributed by atoms with E-state index in [4.69, 9.17) is 4.74 Å². The summed E-state index contributed by atoms with van der Waals surface area (Å²) in [4.78, 5) is 25.7. The molecule has 7 nitrogen and oxygen atoms in total. The molecule has 7 heteroatoms. The number of carbonyl (C=O) groups excluding carboxylic acids is 2. The summed E-state index contributed by atoms with van der Waals surface area (Å²) in [6, 6.07) is 9.06. The van der Waals surface area contributed by atoms with Crippen LogP contribution in [0.5, 0.6) is 0 Å². The molecule has 34 heavy (non-hydrogen) atoms. The van der Waals surface area contributed by atoms with Crippen LogP contribution in [0.15, 0.2) is 42.5 Å². The zero-order valence-electron chi connectivity index (χ0n) is 22.2. The van der Waals surface area contributed by atoms with Gasteiger partial charge in [-0.2, -0.15) is 5.06 Å². The highest BCUT2D eigenvalue weighted by Gasteiger charge is 2.46. The molecule has 1 aliphatic rings. The van der Waals surface area contributed by atoms with Crippen LogP contribution in [-0.4, -0.2) is 45.0 Å². The van der Waals surface area contributed by atoms with E-state index in [1.165, 1.54) is 5.06 Å². The minimum atomic E-state index is -0.812. The van der Waals surface area contributed by atoms with Gasteiger partial charge >= 0.3 is 6.09 Å². The normalized spacial score (nSPS) is 20.1. The van der Waals surface area contributed by atoms with Gasteiger partial charge in [0.25, 0.3) is 0 Å². The van der Waals surface area contributed by atoms with Crippen molar-refractivity contribution in [1.82, 2.24) is 15.7 Å². The maximum Gasteiger partial charge on any atom is 0.408 e. The molecule has 2 amide bonds. The molecule has 2 rings (SSSR count). The topological polar surface area (TPSA) is 90.9 Å². The van der Waals surface area contributed by atoms with Crippen LogP contribution >= 0.6 is 0 Å². The second-order valence-corrected chi connectivity index (χ2v) is 12.1. The number of piperidine rings is 1. The van der Waals surface area contributed by atoms with Gasteiger partial charge < -0.3 is 20.6 Å². The molecule has 3 N–H and O–H groups in total. The number of hydrogen-bond acceptors (Lipinski definition) is 5. The minimum absolute atomic E-state index is 0.0571. The van der Waals surface area contributed by atoms with E-state index in [0.717, 1.165) is 5.56 Å². The molecule has 1 saturated heterocycles. The van der Waals surface area contributed by atoms with Crippen LogP contribution in [0.4, 0.5) is 4.79 Å². The Morgan fingerprint density at radius 2 is 1.59 bits per heavy atom. The molecule has 1 aromatic carbocycles. The van der Waals surface area contributed by atoms with Gasteiger partial charge in [0.15, 0.2) is 0 Å².